The van der Waals surface area contributed by atoms with Crippen molar-refractivity contribution in [3.8, 4) is 28.7 Å². The number of fused-ring (bicyclic) bond motifs is 6. The topological polar surface area (TPSA) is 27.3 Å². The van der Waals surface area contributed by atoms with Crippen LogP contribution in [0.25, 0.3) is 16.7 Å². The predicted octanol–water partition coefficient (Wildman–Crippen LogP) is 4.48. The van der Waals surface area contributed by atoms with Crippen LogP contribution < -0.4 is 30.4 Å². The second-order valence-corrected chi connectivity index (χ2v) is 10.6. The summed E-state index contributed by atoms with van der Waals surface area (Å²) in [5.74, 6) is 3.55. The Morgan fingerprint density at radius 1 is 0.771 bits per heavy atom. The van der Waals surface area contributed by atoms with E-state index in [1.807, 2.05) is 12.1 Å². The molecule has 0 saturated heterocycles. The van der Waals surface area contributed by atoms with E-state index in [9.17, 15) is 0 Å². The highest BCUT2D eigenvalue weighted by Gasteiger charge is 2.43. The SMILES string of the molecule is C[n+]1cn(-c2cccc(C(C)(C)C)c2)c2cc3c4c(c21)Oc1ccccc1B4c1ccccc1O3. The van der Waals surface area contributed by atoms with E-state index in [2.05, 4.69) is 110 Å². The van der Waals surface area contributed by atoms with Crippen molar-refractivity contribution in [2.24, 2.45) is 7.05 Å². The number of benzene rings is 4. The Morgan fingerprint density at radius 3 is 2.17 bits per heavy atom. The minimum atomic E-state index is 0.0686. The van der Waals surface area contributed by atoms with E-state index in [4.69, 9.17) is 9.47 Å². The van der Waals surface area contributed by atoms with Gasteiger partial charge in [0.1, 0.15) is 22.9 Å². The zero-order valence-electron chi connectivity index (χ0n) is 20.4. The van der Waals surface area contributed by atoms with Gasteiger partial charge in [0, 0.05) is 11.5 Å². The number of nitrogens with zero attached hydrogens (tertiary/aromatic N) is 2. The first-order chi connectivity index (χ1) is 16.9. The average Bonchev–Trinajstić information content (AvgIpc) is 3.19. The summed E-state index contributed by atoms with van der Waals surface area (Å²) in [5.41, 5.74) is 8.07. The number of aromatic nitrogens is 2. The molecule has 0 amide bonds. The number of hydrogen-bond donors (Lipinski definition) is 0. The van der Waals surface area contributed by atoms with Crippen molar-refractivity contribution >= 4 is 34.1 Å². The lowest BCUT2D eigenvalue weighted by Gasteiger charge is -2.32. The minimum absolute atomic E-state index is 0.0686. The van der Waals surface area contributed by atoms with Gasteiger partial charge in [0.05, 0.1) is 7.05 Å². The molecular weight excluding hydrogens is 431 g/mol. The lowest BCUT2D eigenvalue weighted by Crippen LogP contribution is -2.57. The van der Waals surface area contributed by atoms with Crippen LogP contribution >= 0.6 is 0 Å². The number of imidazole rings is 1. The lowest BCUT2D eigenvalue weighted by atomic mass is 9.35. The van der Waals surface area contributed by atoms with Crippen LogP contribution in [0.5, 0.6) is 23.0 Å². The molecule has 0 N–H and O–H groups in total. The molecular formula is C30H26BN2O2+. The summed E-state index contributed by atoms with van der Waals surface area (Å²) in [5, 5.41) is 0. The van der Waals surface area contributed by atoms with E-state index < -0.39 is 0 Å². The van der Waals surface area contributed by atoms with Crippen molar-refractivity contribution < 1.29 is 14.0 Å². The Balaban J connectivity index is 1.53. The van der Waals surface area contributed by atoms with E-state index in [1.165, 1.54) is 16.5 Å². The Bertz CT molecular complexity index is 1650. The molecule has 0 atom stereocenters. The van der Waals surface area contributed by atoms with E-state index in [-0.39, 0.29) is 12.1 Å². The molecule has 4 nitrogen and oxygen atoms in total. The summed E-state index contributed by atoms with van der Waals surface area (Å²) in [6, 6.07) is 27.7. The molecule has 35 heavy (non-hydrogen) atoms. The van der Waals surface area contributed by atoms with Crippen molar-refractivity contribution in [2.45, 2.75) is 26.2 Å². The molecule has 4 aromatic carbocycles. The van der Waals surface area contributed by atoms with Gasteiger partial charge in [0.25, 0.3) is 6.71 Å². The zero-order chi connectivity index (χ0) is 23.9. The summed E-state index contributed by atoms with van der Waals surface area (Å²) in [7, 11) is 2.09. The van der Waals surface area contributed by atoms with E-state index in [0.29, 0.717) is 0 Å². The maximum atomic E-state index is 6.65. The van der Waals surface area contributed by atoms with Crippen molar-refractivity contribution in [3.63, 3.8) is 0 Å². The maximum Gasteiger partial charge on any atom is 0.260 e. The van der Waals surface area contributed by atoms with Gasteiger partial charge in [-0.3, -0.25) is 0 Å². The first kappa shape index (κ1) is 20.4. The summed E-state index contributed by atoms with van der Waals surface area (Å²) in [4.78, 5) is 0. The van der Waals surface area contributed by atoms with Crippen LogP contribution in [0.4, 0.5) is 0 Å². The molecule has 2 aliphatic rings. The largest absolute Gasteiger partial charge is 0.458 e. The number of ether oxygens (including phenoxy) is 2. The Kier molecular flexibility index (Phi) is 4.09. The van der Waals surface area contributed by atoms with Crippen LogP contribution in [0, 0.1) is 0 Å². The molecule has 5 heteroatoms. The quantitative estimate of drug-likeness (QED) is 0.269. The smallest absolute Gasteiger partial charge is 0.260 e. The van der Waals surface area contributed by atoms with E-state index in [0.717, 1.165) is 45.2 Å². The Morgan fingerprint density at radius 2 is 1.46 bits per heavy atom. The predicted molar refractivity (Wildman–Crippen MR) is 141 cm³/mol. The Labute approximate surface area is 205 Å². The molecule has 0 fully saturated rings. The number of aryl methyl sites for hydroxylation is 1. The summed E-state index contributed by atoms with van der Waals surface area (Å²) < 4.78 is 17.6. The molecule has 0 aliphatic carbocycles. The highest BCUT2D eigenvalue weighted by atomic mass is 16.5. The lowest BCUT2D eigenvalue weighted by molar-refractivity contribution is -0.645. The van der Waals surface area contributed by atoms with Gasteiger partial charge < -0.3 is 9.47 Å². The monoisotopic (exact) mass is 457 g/mol. The average molecular weight is 457 g/mol. The summed E-state index contributed by atoms with van der Waals surface area (Å²) >= 11 is 0. The molecule has 0 spiro atoms. The molecule has 0 bridgehead atoms. The second kappa shape index (κ2) is 7.02. The van der Waals surface area contributed by atoms with Crippen LogP contribution in [0.15, 0.2) is 85.2 Å². The molecule has 0 radical (unpaired) electrons. The van der Waals surface area contributed by atoms with E-state index in [1.54, 1.807) is 0 Å². The van der Waals surface area contributed by atoms with Gasteiger partial charge in [0.15, 0.2) is 11.3 Å². The molecule has 5 aromatic rings. The zero-order valence-corrected chi connectivity index (χ0v) is 20.4. The first-order valence-corrected chi connectivity index (χ1v) is 12.1. The van der Waals surface area contributed by atoms with Crippen LogP contribution in [0.3, 0.4) is 0 Å². The standard InChI is InChI=1S/C30H26BN2O2/c1-30(2,3)19-10-9-11-20(16-19)33-18-32(4)28-23(33)17-26-27-29(28)35-25-15-8-6-13-22(25)31(27)21-12-5-7-14-24(21)34-26/h5-18H,1-4H3/q+1. The Hall–Kier alpha value is -3.99. The normalized spacial score (nSPS) is 13.5. The van der Waals surface area contributed by atoms with Crippen LogP contribution in [-0.4, -0.2) is 11.3 Å². The molecule has 0 unspecified atom stereocenters. The number of hydrogen-bond acceptors (Lipinski definition) is 2. The molecule has 0 saturated carbocycles. The third-order valence-corrected chi connectivity index (χ3v) is 7.31. The maximum absolute atomic E-state index is 6.65. The number of para-hydroxylation sites is 2. The fourth-order valence-electron chi connectivity index (χ4n) is 5.56. The summed E-state index contributed by atoms with van der Waals surface area (Å²) in [6.45, 7) is 6.82. The molecule has 2 aliphatic heterocycles. The van der Waals surface area contributed by atoms with Gasteiger partial charge in [-0.25, -0.2) is 4.57 Å². The van der Waals surface area contributed by atoms with E-state index >= 15 is 0 Å². The van der Waals surface area contributed by atoms with Crippen molar-refractivity contribution in [1.82, 2.24) is 4.57 Å². The highest BCUT2D eigenvalue weighted by molar-refractivity contribution is 6.98. The molecule has 170 valence electrons. The van der Waals surface area contributed by atoms with Gasteiger partial charge in [-0.2, -0.15) is 4.57 Å². The van der Waals surface area contributed by atoms with Crippen LogP contribution in [0.2, 0.25) is 0 Å². The van der Waals surface area contributed by atoms with Gasteiger partial charge in [-0.1, -0.05) is 69.3 Å². The summed E-state index contributed by atoms with van der Waals surface area (Å²) in [6.07, 6.45) is 2.14. The van der Waals surface area contributed by atoms with Crippen molar-refractivity contribution in [1.29, 1.82) is 0 Å². The fourth-order valence-corrected chi connectivity index (χ4v) is 5.56. The fraction of sp³-hybridized carbons (Fsp3) is 0.167. The molecule has 3 heterocycles. The van der Waals surface area contributed by atoms with Crippen molar-refractivity contribution in [2.75, 3.05) is 0 Å². The minimum Gasteiger partial charge on any atom is -0.458 e. The number of rotatable bonds is 1. The van der Waals surface area contributed by atoms with Gasteiger partial charge in [-0.15, -0.1) is 0 Å². The third-order valence-electron chi connectivity index (χ3n) is 7.31. The van der Waals surface area contributed by atoms with Crippen molar-refractivity contribution in [3.05, 3.63) is 90.8 Å². The first-order valence-electron chi connectivity index (χ1n) is 12.1. The van der Waals surface area contributed by atoms with Gasteiger partial charge in [0.2, 0.25) is 11.8 Å². The van der Waals surface area contributed by atoms with Crippen LogP contribution in [0.1, 0.15) is 26.3 Å². The van der Waals surface area contributed by atoms with Crippen LogP contribution in [-0.2, 0) is 12.5 Å². The van der Waals surface area contributed by atoms with Gasteiger partial charge in [-0.05, 0) is 46.2 Å². The second-order valence-electron chi connectivity index (χ2n) is 10.6. The third kappa shape index (κ3) is 2.91. The van der Waals surface area contributed by atoms with Gasteiger partial charge >= 0.3 is 0 Å². The highest BCUT2D eigenvalue weighted by Crippen LogP contribution is 2.39. The molecule has 1 aromatic heterocycles. The molecule has 7 rings (SSSR count).